The Bertz CT molecular complexity index is 769. The van der Waals surface area contributed by atoms with Crippen molar-refractivity contribution in [3.63, 3.8) is 0 Å². The van der Waals surface area contributed by atoms with Crippen LogP contribution in [0.3, 0.4) is 0 Å². The predicted octanol–water partition coefficient (Wildman–Crippen LogP) is 4.36. The number of halogens is 2. The zero-order valence-electron chi connectivity index (χ0n) is 14.4. The molecule has 0 spiro atoms. The molecule has 3 rings (SSSR count). The predicted molar refractivity (Wildman–Crippen MR) is 112 cm³/mol. The van der Waals surface area contributed by atoms with Crippen LogP contribution in [-0.2, 0) is 0 Å². The van der Waals surface area contributed by atoms with Gasteiger partial charge >= 0.3 is 0 Å². The zero-order chi connectivity index (χ0) is 17.8. The van der Waals surface area contributed by atoms with Crippen molar-refractivity contribution in [1.82, 2.24) is 5.32 Å². The molecule has 140 valence electrons. The van der Waals surface area contributed by atoms with Crippen molar-refractivity contribution in [1.29, 1.82) is 0 Å². The van der Waals surface area contributed by atoms with Crippen molar-refractivity contribution >= 4 is 45.4 Å². The Morgan fingerprint density at radius 1 is 1.23 bits per heavy atom. The largest absolute Gasteiger partial charge is 0.373 e. The van der Waals surface area contributed by atoms with Gasteiger partial charge in [-0.2, -0.15) is 0 Å². The molecule has 0 saturated carbocycles. The number of benzene rings is 2. The Hall–Kier alpha value is -1.83. The van der Waals surface area contributed by atoms with Gasteiger partial charge in [0.05, 0.1) is 4.92 Å². The van der Waals surface area contributed by atoms with Gasteiger partial charge in [-0.25, -0.2) is 0 Å². The second kappa shape index (κ2) is 9.21. The van der Waals surface area contributed by atoms with Gasteiger partial charge in [0.2, 0.25) is 0 Å². The summed E-state index contributed by atoms with van der Waals surface area (Å²) in [5.41, 5.74) is 2.72. The highest BCUT2D eigenvalue weighted by Crippen LogP contribution is 2.32. The van der Waals surface area contributed by atoms with E-state index >= 15 is 0 Å². The van der Waals surface area contributed by atoms with Crippen LogP contribution in [0.1, 0.15) is 18.5 Å². The number of hydrogen-bond acceptors (Lipinski definition) is 5. The molecule has 26 heavy (non-hydrogen) atoms. The summed E-state index contributed by atoms with van der Waals surface area (Å²) in [6.45, 7) is 5.66. The van der Waals surface area contributed by atoms with E-state index in [-0.39, 0.29) is 29.1 Å². The fraction of sp³-hybridized carbons (Fsp3) is 0.333. The maximum Gasteiger partial charge on any atom is 0.292 e. The molecule has 0 bridgehead atoms. The van der Waals surface area contributed by atoms with Crippen LogP contribution in [0, 0.1) is 10.1 Å². The molecule has 2 N–H and O–H groups in total. The van der Waals surface area contributed by atoms with E-state index in [0.717, 1.165) is 41.9 Å². The third-order valence-electron chi connectivity index (χ3n) is 4.38. The average Bonchev–Trinajstić information content (AvgIpc) is 2.62. The van der Waals surface area contributed by atoms with Crippen molar-refractivity contribution in [3.8, 4) is 0 Å². The summed E-state index contributed by atoms with van der Waals surface area (Å²) >= 11 is 3.47. The smallest absolute Gasteiger partial charge is 0.292 e. The van der Waals surface area contributed by atoms with Gasteiger partial charge in [-0.1, -0.05) is 28.1 Å². The third-order valence-corrected chi connectivity index (χ3v) is 4.87. The van der Waals surface area contributed by atoms with Crippen molar-refractivity contribution in [3.05, 3.63) is 62.6 Å². The van der Waals surface area contributed by atoms with E-state index in [0.29, 0.717) is 5.69 Å². The molecular formula is C18H22BrClN4O2. The number of nitrogens with one attached hydrogen (secondary N) is 2. The SMILES string of the molecule is CC(Nc1cc(N2CCNCC2)ccc1[N+](=O)[O-])c1cccc(Br)c1.Cl. The van der Waals surface area contributed by atoms with Crippen molar-refractivity contribution < 1.29 is 4.92 Å². The molecule has 2 aromatic carbocycles. The first-order valence-corrected chi connectivity index (χ1v) is 9.10. The van der Waals surface area contributed by atoms with E-state index in [4.69, 9.17) is 0 Å². The molecule has 1 saturated heterocycles. The quantitative estimate of drug-likeness (QED) is 0.533. The second-order valence-electron chi connectivity index (χ2n) is 6.12. The van der Waals surface area contributed by atoms with E-state index < -0.39 is 0 Å². The van der Waals surface area contributed by atoms with Gasteiger partial charge < -0.3 is 15.5 Å². The fourth-order valence-electron chi connectivity index (χ4n) is 3.01. The summed E-state index contributed by atoms with van der Waals surface area (Å²) < 4.78 is 0.989. The van der Waals surface area contributed by atoms with Gasteiger partial charge in [0.1, 0.15) is 5.69 Å². The number of nitro benzene ring substituents is 1. The van der Waals surface area contributed by atoms with Crippen LogP contribution in [0.25, 0.3) is 0 Å². The molecule has 0 amide bonds. The molecule has 1 atom stereocenters. The molecule has 8 heteroatoms. The Morgan fingerprint density at radius 3 is 2.62 bits per heavy atom. The first-order chi connectivity index (χ1) is 12.0. The summed E-state index contributed by atoms with van der Waals surface area (Å²) in [5.74, 6) is 0. The Balaban J connectivity index is 0.00000243. The maximum absolute atomic E-state index is 11.4. The molecule has 1 fully saturated rings. The van der Waals surface area contributed by atoms with Gasteiger partial charge in [0, 0.05) is 48.4 Å². The van der Waals surface area contributed by atoms with Crippen LogP contribution in [0.2, 0.25) is 0 Å². The molecule has 1 heterocycles. The van der Waals surface area contributed by atoms with E-state index in [1.54, 1.807) is 6.07 Å². The molecule has 1 aliphatic heterocycles. The van der Waals surface area contributed by atoms with Crippen LogP contribution >= 0.6 is 28.3 Å². The minimum Gasteiger partial charge on any atom is -0.373 e. The molecule has 6 nitrogen and oxygen atoms in total. The summed E-state index contributed by atoms with van der Waals surface area (Å²) in [6.07, 6.45) is 0. The number of piperazine rings is 1. The minimum absolute atomic E-state index is 0. The van der Waals surface area contributed by atoms with Crippen molar-refractivity contribution in [2.45, 2.75) is 13.0 Å². The minimum atomic E-state index is -0.336. The van der Waals surface area contributed by atoms with Crippen LogP contribution < -0.4 is 15.5 Å². The van der Waals surface area contributed by atoms with Gasteiger partial charge in [-0.15, -0.1) is 12.4 Å². The fourth-order valence-corrected chi connectivity index (χ4v) is 3.43. The lowest BCUT2D eigenvalue weighted by Gasteiger charge is -2.30. The highest BCUT2D eigenvalue weighted by Gasteiger charge is 2.19. The van der Waals surface area contributed by atoms with Crippen LogP contribution in [-0.4, -0.2) is 31.1 Å². The number of nitrogens with zero attached hydrogens (tertiary/aromatic N) is 2. The van der Waals surface area contributed by atoms with E-state index in [9.17, 15) is 10.1 Å². The molecular weight excluding hydrogens is 420 g/mol. The summed E-state index contributed by atoms with van der Waals surface area (Å²) in [6, 6.07) is 13.2. The normalized spacial score (nSPS) is 15.1. The highest BCUT2D eigenvalue weighted by molar-refractivity contribution is 9.10. The van der Waals surface area contributed by atoms with Crippen LogP contribution in [0.4, 0.5) is 17.1 Å². The number of nitro groups is 1. The monoisotopic (exact) mass is 440 g/mol. The van der Waals surface area contributed by atoms with Crippen LogP contribution in [0.5, 0.6) is 0 Å². The van der Waals surface area contributed by atoms with Gasteiger partial charge in [0.25, 0.3) is 5.69 Å². The molecule has 1 aliphatic rings. The van der Waals surface area contributed by atoms with Crippen molar-refractivity contribution in [2.75, 3.05) is 36.4 Å². The number of anilines is 2. The van der Waals surface area contributed by atoms with Gasteiger partial charge in [-0.3, -0.25) is 10.1 Å². The van der Waals surface area contributed by atoms with Gasteiger partial charge in [-0.05, 0) is 36.8 Å². The summed E-state index contributed by atoms with van der Waals surface area (Å²) in [4.78, 5) is 13.3. The van der Waals surface area contributed by atoms with E-state index in [1.165, 1.54) is 0 Å². The summed E-state index contributed by atoms with van der Waals surface area (Å²) in [5, 5.41) is 18.0. The Kier molecular flexibility index (Phi) is 7.25. The van der Waals surface area contributed by atoms with E-state index in [1.807, 2.05) is 43.3 Å². The lowest BCUT2D eigenvalue weighted by molar-refractivity contribution is -0.384. The lowest BCUT2D eigenvalue weighted by atomic mass is 10.1. The topological polar surface area (TPSA) is 70.4 Å². The summed E-state index contributed by atoms with van der Waals surface area (Å²) in [7, 11) is 0. The Morgan fingerprint density at radius 2 is 1.96 bits per heavy atom. The zero-order valence-corrected chi connectivity index (χ0v) is 16.8. The van der Waals surface area contributed by atoms with Gasteiger partial charge in [0.15, 0.2) is 0 Å². The molecule has 0 aromatic heterocycles. The van der Waals surface area contributed by atoms with E-state index in [2.05, 4.69) is 31.5 Å². The second-order valence-corrected chi connectivity index (χ2v) is 7.03. The first-order valence-electron chi connectivity index (χ1n) is 8.31. The highest BCUT2D eigenvalue weighted by atomic mass is 79.9. The van der Waals surface area contributed by atoms with Crippen LogP contribution in [0.15, 0.2) is 46.9 Å². The average molecular weight is 442 g/mol. The maximum atomic E-state index is 11.4. The third kappa shape index (κ3) is 4.87. The first kappa shape index (κ1) is 20.5. The number of rotatable bonds is 5. The van der Waals surface area contributed by atoms with Crippen molar-refractivity contribution in [2.24, 2.45) is 0 Å². The molecule has 2 aromatic rings. The molecule has 0 radical (unpaired) electrons. The molecule has 1 unspecified atom stereocenters. The standard InChI is InChI=1S/C18H21BrN4O2.ClH/c1-13(14-3-2-4-15(19)11-14)21-17-12-16(5-6-18(17)23(24)25)22-9-7-20-8-10-22;/h2-6,11-13,20-21H,7-10H2,1H3;1H. The number of hydrogen-bond donors (Lipinski definition) is 2. The Labute approximate surface area is 167 Å². The molecule has 0 aliphatic carbocycles. The lowest BCUT2D eigenvalue weighted by Crippen LogP contribution is -2.43.